The Bertz CT molecular complexity index is 205. The molecule has 0 spiro atoms. The van der Waals surface area contributed by atoms with Gasteiger partial charge in [-0.1, -0.05) is 6.92 Å². The molecule has 1 fully saturated rings. The summed E-state index contributed by atoms with van der Waals surface area (Å²) in [6.45, 7) is 6.62. The number of nitrogens with zero attached hydrogens (tertiary/aromatic N) is 1. The van der Waals surface area contributed by atoms with Gasteiger partial charge in [0, 0.05) is 26.2 Å². The first-order valence-electron chi connectivity index (χ1n) is 6.00. The molecule has 1 amide bonds. The summed E-state index contributed by atoms with van der Waals surface area (Å²) in [6.07, 6.45) is 1.18. The van der Waals surface area contributed by atoms with Crippen molar-refractivity contribution in [1.82, 2.24) is 15.5 Å². The van der Waals surface area contributed by atoms with E-state index in [1.54, 1.807) is 0 Å². The smallest absolute Gasteiger partial charge is 0.234 e. The third-order valence-electron chi connectivity index (χ3n) is 2.51. The Kier molecular flexibility index (Phi) is 6.37. The van der Waals surface area contributed by atoms with E-state index in [-0.39, 0.29) is 12.0 Å². The van der Waals surface area contributed by atoms with E-state index in [2.05, 4.69) is 10.6 Å². The van der Waals surface area contributed by atoms with E-state index in [4.69, 9.17) is 4.74 Å². The summed E-state index contributed by atoms with van der Waals surface area (Å²) in [5, 5.41) is 6.14. The second kappa shape index (κ2) is 7.60. The highest BCUT2D eigenvalue weighted by molar-refractivity contribution is 5.77. The third kappa shape index (κ3) is 5.44. The highest BCUT2D eigenvalue weighted by Gasteiger charge is 2.16. The van der Waals surface area contributed by atoms with E-state index < -0.39 is 0 Å². The summed E-state index contributed by atoms with van der Waals surface area (Å²) < 4.78 is 5.58. The first-order chi connectivity index (χ1) is 7.72. The molecule has 1 aliphatic rings. The molecule has 94 valence electrons. The fourth-order valence-corrected chi connectivity index (χ4v) is 1.71. The molecule has 5 heteroatoms. The van der Waals surface area contributed by atoms with Crippen LogP contribution in [0.4, 0.5) is 0 Å². The van der Waals surface area contributed by atoms with E-state index in [0.29, 0.717) is 6.54 Å². The van der Waals surface area contributed by atoms with Gasteiger partial charge in [0.25, 0.3) is 0 Å². The summed E-state index contributed by atoms with van der Waals surface area (Å²) in [4.78, 5) is 13.4. The molecule has 1 aliphatic heterocycles. The molecule has 0 aromatic carbocycles. The minimum Gasteiger partial charge on any atom is -0.374 e. The minimum absolute atomic E-state index is 0.0909. The maximum absolute atomic E-state index is 11.4. The molecule has 0 bridgehead atoms. The maximum Gasteiger partial charge on any atom is 0.234 e. The fraction of sp³-hybridized carbons (Fsp3) is 0.909. The monoisotopic (exact) mass is 229 g/mol. The number of likely N-dealkylation sites (N-methyl/N-ethyl adjacent to an activating group) is 1. The lowest BCUT2D eigenvalue weighted by atomic mass is 10.3. The molecular formula is C11H23N3O2. The van der Waals surface area contributed by atoms with Crippen molar-refractivity contribution in [2.75, 3.05) is 46.4 Å². The highest BCUT2D eigenvalue weighted by atomic mass is 16.5. The predicted octanol–water partition coefficient (Wildman–Crippen LogP) is -0.567. The van der Waals surface area contributed by atoms with Crippen LogP contribution in [0.2, 0.25) is 0 Å². The minimum atomic E-state index is 0.0909. The molecule has 1 saturated heterocycles. The number of amides is 1. The van der Waals surface area contributed by atoms with E-state index in [0.717, 1.165) is 39.2 Å². The van der Waals surface area contributed by atoms with Crippen molar-refractivity contribution in [1.29, 1.82) is 0 Å². The Morgan fingerprint density at radius 2 is 2.44 bits per heavy atom. The molecule has 0 radical (unpaired) electrons. The number of hydrogen-bond acceptors (Lipinski definition) is 4. The van der Waals surface area contributed by atoms with Gasteiger partial charge in [-0.3, -0.25) is 9.69 Å². The Morgan fingerprint density at radius 1 is 1.62 bits per heavy atom. The average molecular weight is 229 g/mol. The van der Waals surface area contributed by atoms with Crippen LogP contribution in [-0.2, 0) is 9.53 Å². The molecule has 0 aromatic heterocycles. The average Bonchev–Trinajstić information content (AvgIpc) is 2.27. The van der Waals surface area contributed by atoms with Crippen LogP contribution >= 0.6 is 0 Å². The summed E-state index contributed by atoms with van der Waals surface area (Å²) in [6, 6.07) is 0. The number of nitrogens with one attached hydrogen (secondary N) is 2. The van der Waals surface area contributed by atoms with Crippen LogP contribution in [-0.4, -0.2) is 63.3 Å². The second-order valence-corrected chi connectivity index (χ2v) is 4.24. The van der Waals surface area contributed by atoms with Gasteiger partial charge in [-0.15, -0.1) is 0 Å². The fourth-order valence-electron chi connectivity index (χ4n) is 1.71. The number of carbonyl (C=O) groups is 1. The van der Waals surface area contributed by atoms with Crippen LogP contribution < -0.4 is 10.6 Å². The van der Waals surface area contributed by atoms with Crippen molar-refractivity contribution in [2.45, 2.75) is 19.4 Å². The van der Waals surface area contributed by atoms with Gasteiger partial charge in [0.2, 0.25) is 5.91 Å². The lowest BCUT2D eigenvalue weighted by molar-refractivity contribution is -0.122. The van der Waals surface area contributed by atoms with Gasteiger partial charge in [-0.2, -0.15) is 0 Å². The summed E-state index contributed by atoms with van der Waals surface area (Å²) in [5.41, 5.74) is 0. The molecule has 0 saturated carbocycles. The summed E-state index contributed by atoms with van der Waals surface area (Å²) >= 11 is 0. The predicted molar refractivity (Wildman–Crippen MR) is 63.4 cm³/mol. The molecular weight excluding hydrogens is 206 g/mol. The van der Waals surface area contributed by atoms with Crippen LogP contribution in [0.1, 0.15) is 13.3 Å². The Morgan fingerprint density at radius 3 is 3.06 bits per heavy atom. The molecule has 1 heterocycles. The van der Waals surface area contributed by atoms with Crippen LogP contribution in [0.3, 0.4) is 0 Å². The summed E-state index contributed by atoms with van der Waals surface area (Å²) in [5.74, 6) is 0.0909. The second-order valence-electron chi connectivity index (χ2n) is 4.24. The van der Waals surface area contributed by atoms with E-state index in [1.165, 1.54) is 0 Å². The standard InChI is InChI=1S/C11H23N3O2/c1-3-4-13-11(15)9-14(2)8-10-7-12-5-6-16-10/h10,12H,3-9H2,1-2H3,(H,13,15). The van der Waals surface area contributed by atoms with E-state index in [1.807, 2.05) is 18.9 Å². The zero-order valence-corrected chi connectivity index (χ0v) is 10.3. The van der Waals surface area contributed by atoms with Crippen molar-refractivity contribution < 1.29 is 9.53 Å². The van der Waals surface area contributed by atoms with Gasteiger partial charge in [0.1, 0.15) is 0 Å². The van der Waals surface area contributed by atoms with Crippen molar-refractivity contribution in [3.05, 3.63) is 0 Å². The molecule has 0 aliphatic carbocycles. The highest BCUT2D eigenvalue weighted by Crippen LogP contribution is 1.98. The topological polar surface area (TPSA) is 53.6 Å². The first-order valence-corrected chi connectivity index (χ1v) is 6.00. The zero-order valence-electron chi connectivity index (χ0n) is 10.3. The van der Waals surface area contributed by atoms with Gasteiger partial charge in [-0.05, 0) is 13.5 Å². The number of hydrogen-bond donors (Lipinski definition) is 2. The van der Waals surface area contributed by atoms with E-state index in [9.17, 15) is 4.79 Å². The van der Waals surface area contributed by atoms with Gasteiger partial charge in [0.15, 0.2) is 0 Å². The van der Waals surface area contributed by atoms with Gasteiger partial charge in [-0.25, -0.2) is 0 Å². The number of carbonyl (C=O) groups excluding carboxylic acids is 1. The molecule has 1 rings (SSSR count). The third-order valence-corrected chi connectivity index (χ3v) is 2.51. The molecule has 1 atom stereocenters. The van der Waals surface area contributed by atoms with Gasteiger partial charge in [0.05, 0.1) is 19.3 Å². The van der Waals surface area contributed by atoms with Crippen LogP contribution in [0.15, 0.2) is 0 Å². The van der Waals surface area contributed by atoms with Crippen molar-refractivity contribution in [3.63, 3.8) is 0 Å². The number of rotatable bonds is 6. The first kappa shape index (κ1) is 13.4. The lowest BCUT2D eigenvalue weighted by Gasteiger charge is -2.27. The molecule has 5 nitrogen and oxygen atoms in total. The lowest BCUT2D eigenvalue weighted by Crippen LogP contribution is -2.46. The Balaban J connectivity index is 2.13. The van der Waals surface area contributed by atoms with E-state index >= 15 is 0 Å². The molecule has 0 aromatic rings. The Labute approximate surface area is 97.5 Å². The van der Waals surface area contributed by atoms with Crippen molar-refractivity contribution >= 4 is 5.91 Å². The quantitative estimate of drug-likeness (QED) is 0.640. The zero-order chi connectivity index (χ0) is 11.8. The largest absolute Gasteiger partial charge is 0.374 e. The SMILES string of the molecule is CCCNC(=O)CN(C)CC1CNCCO1. The maximum atomic E-state index is 11.4. The van der Waals surface area contributed by atoms with Crippen molar-refractivity contribution in [3.8, 4) is 0 Å². The van der Waals surface area contributed by atoms with Crippen LogP contribution in [0.25, 0.3) is 0 Å². The van der Waals surface area contributed by atoms with Crippen LogP contribution in [0.5, 0.6) is 0 Å². The van der Waals surface area contributed by atoms with Crippen LogP contribution in [0, 0.1) is 0 Å². The molecule has 2 N–H and O–H groups in total. The van der Waals surface area contributed by atoms with Crippen molar-refractivity contribution in [2.24, 2.45) is 0 Å². The van der Waals surface area contributed by atoms with Gasteiger partial charge >= 0.3 is 0 Å². The molecule has 16 heavy (non-hydrogen) atoms. The molecule has 1 unspecified atom stereocenters. The number of morpholine rings is 1. The Hall–Kier alpha value is -0.650. The number of ether oxygens (including phenoxy) is 1. The van der Waals surface area contributed by atoms with Gasteiger partial charge < -0.3 is 15.4 Å². The summed E-state index contributed by atoms with van der Waals surface area (Å²) in [7, 11) is 1.95. The normalized spacial score (nSPS) is 21.1.